The Hall–Kier alpha value is -1.97. The number of hydrogen-bond donors (Lipinski definition) is 0. The predicted molar refractivity (Wildman–Crippen MR) is 74.3 cm³/mol. The summed E-state index contributed by atoms with van der Waals surface area (Å²) in [6, 6.07) is 7.82. The largest absolute Gasteiger partial charge is 0.494 e. The molecule has 0 aliphatic rings. The number of ether oxygens (including phenoxy) is 2. The van der Waals surface area contributed by atoms with Crippen molar-refractivity contribution in [3.05, 3.63) is 30.5 Å². The topological polar surface area (TPSA) is 40.5 Å². The van der Waals surface area contributed by atoms with Crippen molar-refractivity contribution >= 4 is 16.9 Å². The molecule has 0 aliphatic heterocycles. The third-order valence-corrected chi connectivity index (χ3v) is 2.72. The summed E-state index contributed by atoms with van der Waals surface area (Å²) in [6.07, 6.45) is 1.81. The second kappa shape index (κ2) is 5.78. The normalized spacial score (nSPS) is 10.9. The molecule has 102 valence electrons. The molecule has 0 saturated heterocycles. The standard InChI is InChI=1S/C15H19NO3/c1-4-18-13-5-6-14-12(9-13)7-8-16(14)10-15(17)19-11(2)3/h5-9,11H,4,10H2,1-3H3. The average Bonchev–Trinajstić information content (AvgIpc) is 2.71. The molecule has 0 atom stereocenters. The highest BCUT2D eigenvalue weighted by Crippen LogP contribution is 2.22. The minimum absolute atomic E-state index is 0.0844. The zero-order valence-corrected chi connectivity index (χ0v) is 11.6. The van der Waals surface area contributed by atoms with E-state index in [0.29, 0.717) is 6.61 Å². The maximum absolute atomic E-state index is 11.7. The lowest BCUT2D eigenvalue weighted by molar-refractivity contribution is -0.148. The SMILES string of the molecule is CCOc1ccc2c(ccn2CC(=O)OC(C)C)c1. The van der Waals surface area contributed by atoms with Gasteiger partial charge in [-0.25, -0.2) is 0 Å². The molecule has 0 radical (unpaired) electrons. The maximum atomic E-state index is 11.7. The molecule has 4 heteroatoms. The molecular formula is C15H19NO3. The molecule has 0 bridgehead atoms. The second-order valence-electron chi connectivity index (χ2n) is 4.64. The molecule has 0 N–H and O–H groups in total. The molecule has 0 fully saturated rings. The molecule has 0 unspecified atom stereocenters. The van der Waals surface area contributed by atoms with Gasteiger partial charge < -0.3 is 14.0 Å². The van der Waals surface area contributed by atoms with Crippen molar-refractivity contribution in [1.29, 1.82) is 0 Å². The minimum atomic E-state index is -0.221. The fourth-order valence-corrected chi connectivity index (χ4v) is 2.01. The van der Waals surface area contributed by atoms with E-state index in [0.717, 1.165) is 16.7 Å². The molecular weight excluding hydrogens is 242 g/mol. The lowest BCUT2D eigenvalue weighted by Crippen LogP contribution is -2.16. The van der Waals surface area contributed by atoms with Crippen LogP contribution in [-0.4, -0.2) is 23.2 Å². The van der Waals surface area contributed by atoms with Gasteiger partial charge in [-0.3, -0.25) is 4.79 Å². The Balaban J connectivity index is 2.18. The van der Waals surface area contributed by atoms with E-state index in [4.69, 9.17) is 9.47 Å². The number of nitrogens with zero attached hydrogens (tertiary/aromatic N) is 1. The molecule has 4 nitrogen and oxygen atoms in total. The summed E-state index contributed by atoms with van der Waals surface area (Å²) in [6.45, 7) is 6.53. The maximum Gasteiger partial charge on any atom is 0.326 e. The van der Waals surface area contributed by atoms with Gasteiger partial charge in [-0.15, -0.1) is 0 Å². The molecule has 2 aromatic rings. The number of aromatic nitrogens is 1. The molecule has 0 saturated carbocycles. The van der Waals surface area contributed by atoms with E-state index < -0.39 is 0 Å². The van der Waals surface area contributed by atoms with Gasteiger partial charge in [0.25, 0.3) is 0 Å². The molecule has 0 amide bonds. The van der Waals surface area contributed by atoms with Crippen molar-refractivity contribution in [2.75, 3.05) is 6.61 Å². The zero-order chi connectivity index (χ0) is 13.8. The molecule has 19 heavy (non-hydrogen) atoms. The second-order valence-corrected chi connectivity index (χ2v) is 4.64. The summed E-state index contributed by atoms with van der Waals surface area (Å²) in [4.78, 5) is 11.7. The number of esters is 1. The molecule has 1 aromatic carbocycles. The molecule has 1 heterocycles. The van der Waals surface area contributed by atoms with Crippen molar-refractivity contribution in [2.24, 2.45) is 0 Å². The van der Waals surface area contributed by atoms with E-state index in [9.17, 15) is 4.79 Å². The number of hydrogen-bond acceptors (Lipinski definition) is 3. The van der Waals surface area contributed by atoms with Crippen LogP contribution in [0.4, 0.5) is 0 Å². The van der Waals surface area contributed by atoms with Crippen molar-refractivity contribution in [3.63, 3.8) is 0 Å². The van der Waals surface area contributed by atoms with Crippen molar-refractivity contribution in [2.45, 2.75) is 33.4 Å². The van der Waals surface area contributed by atoms with Crippen LogP contribution >= 0.6 is 0 Å². The van der Waals surface area contributed by atoms with Gasteiger partial charge in [-0.05, 0) is 45.0 Å². The summed E-state index contributed by atoms with van der Waals surface area (Å²) in [7, 11) is 0. The van der Waals surface area contributed by atoms with Crippen LogP contribution in [0.5, 0.6) is 5.75 Å². The summed E-state index contributed by atoms with van der Waals surface area (Å²) < 4.78 is 12.5. The van der Waals surface area contributed by atoms with Crippen LogP contribution in [0.15, 0.2) is 30.5 Å². The summed E-state index contributed by atoms with van der Waals surface area (Å²) in [5.74, 6) is 0.624. The van der Waals surface area contributed by atoms with E-state index >= 15 is 0 Å². The Morgan fingerprint density at radius 1 is 1.32 bits per heavy atom. The van der Waals surface area contributed by atoms with E-state index in [2.05, 4.69) is 0 Å². The summed E-state index contributed by atoms with van der Waals surface area (Å²) in [5.41, 5.74) is 1.00. The van der Waals surface area contributed by atoms with Gasteiger partial charge in [-0.2, -0.15) is 0 Å². The first-order valence-electron chi connectivity index (χ1n) is 6.51. The third kappa shape index (κ3) is 3.28. The highest BCUT2D eigenvalue weighted by molar-refractivity contribution is 5.83. The van der Waals surface area contributed by atoms with Crippen LogP contribution in [0, 0.1) is 0 Å². The number of rotatable bonds is 5. The third-order valence-electron chi connectivity index (χ3n) is 2.72. The van der Waals surface area contributed by atoms with Crippen molar-refractivity contribution in [3.8, 4) is 5.75 Å². The van der Waals surface area contributed by atoms with Gasteiger partial charge in [0.15, 0.2) is 0 Å². The zero-order valence-electron chi connectivity index (χ0n) is 11.6. The Morgan fingerprint density at radius 2 is 2.11 bits per heavy atom. The van der Waals surface area contributed by atoms with E-state index in [-0.39, 0.29) is 18.6 Å². The number of benzene rings is 1. The lowest BCUT2D eigenvalue weighted by atomic mass is 10.2. The van der Waals surface area contributed by atoms with Gasteiger partial charge >= 0.3 is 5.97 Å². The van der Waals surface area contributed by atoms with Gasteiger partial charge in [0.05, 0.1) is 12.7 Å². The van der Waals surface area contributed by atoms with Crippen LogP contribution < -0.4 is 4.74 Å². The highest BCUT2D eigenvalue weighted by Gasteiger charge is 2.09. The fourth-order valence-electron chi connectivity index (χ4n) is 2.01. The van der Waals surface area contributed by atoms with E-state index in [1.165, 1.54) is 0 Å². The number of carbonyl (C=O) groups is 1. The molecule has 2 rings (SSSR count). The predicted octanol–water partition coefficient (Wildman–Crippen LogP) is 2.99. The Bertz CT molecular complexity index is 572. The van der Waals surface area contributed by atoms with Crippen LogP contribution in [-0.2, 0) is 16.1 Å². The monoisotopic (exact) mass is 261 g/mol. The smallest absolute Gasteiger partial charge is 0.326 e. The fraction of sp³-hybridized carbons (Fsp3) is 0.400. The van der Waals surface area contributed by atoms with Crippen molar-refractivity contribution < 1.29 is 14.3 Å². The quantitative estimate of drug-likeness (QED) is 0.777. The molecule has 0 spiro atoms. The first-order chi connectivity index (χ1) is 9.10. The van der Waals surface area contributed by atoms with E-state index in [1.54, 1.807) is 0 Å². The Morgan fingerprint density at radius 3 is 2.79 bits per heavy atom. The Labute approximate surface area is 112 Å². The van der Waals surface area contributed by atoms with Crippen molar-refractivity contribution in [1.82, 2.24) is 4.57 Å². The van der Waals surface area contributed by atoms with Crippen LogP contribution in [0.2, 0.25) is 0 Å². The van der Waals surface area contributed by atoms with Gasteiger partial charge in [0.2, 0.25) is 0 Å². The Kier molecular flexibility index (Phi) is 4.10. The van der Waals surface area contributed by atoms with Gasteiger partial charge in [-0.1, -0.05) is 0 Å². The van der Waals surface area contributed by atoms with Crippen LogP contribution in [0.25, 0.3) is 10.9 Å². The number of carbonyl (C=O) groups excluding carboxylic acids is 1. The van der Waals surface area contributed by atoms with E-state index in [1.807, 2.05) is 55.8 Å². The molecule has 1 aromatic heterocycles. The average molecular weight is 261 g/mol. The van der Waals surface area contributed by atoms with Gasteiger partial charge in [0, 0.05) is 17.1 Å². The number of fused-ring (bicyclic) bond motifs is 1. The summed E-state index contributed by atoms with van der Waals surface area (Å²) in [5, 5.41) is 1.06. The minimum Gasteiger partial charge on any atom is -0.494 e. The molecule has 0 aliphatic carbocycles. The highest BCUT2D eigenvalue weighted by atomic mass is 16.5. The van der Waals surface area contributed by atoms with Crippen LogP contribution in [0.3, 0.4) is 0 Å². The first-order valence-corrected chi connectivity index (χ1v) is 6.51. The van der Waals surface area contributed by atoms with Crippen LogP contribution in [0.1, 0.15) is 20.8 Å². The summed E-state index contributed by atoms with van der Waals surface area (Å²) >= 11 is 0. The lowest BCUT2D eigenvalue weighted by Gasteiger charge is -2.09. The first kappa shape index (κ1) is 13.5. The van der Waals surface area contributed by atoms with Gasteiger partial charge in [0.1, 0.15) is 12.3 Å².